The number of rotatable bonds is 7. The van der Waals surface area contributed by atoms with E-state index in [4.69, 9.17) is 4.74 Å². The predicted octanol–water partition coefficient (Wildman–Crippen LogP) is 1.37. The lowest BCUT2D eigenvalue weighted by molar-refractivity contribution is -0.141. The second-order valence-corrected chi connectivity index (χ2v) is 9.76. The molecule has 0 aromatic heterocycles. The van der Waals surface area contributed by atoms with Gasteiger partial charge in [0.05, 0.1) is 18.1 Å². The first kappa shape index (κ1) is 22.9. The molecule has 4 rings (SSSR count). The third-order valence-electron chi connectivity index (χ3n) is 7.60. The molecular weight excluding hydrogens is 399 g/mol. The Hall–Kier alpha value is -1.25. The van der Waals surface area contributed by atoms with Crippen LogP contribution in [0.3, 0.4) is 0 Å². The number of likely N-dealkylation sites (tertiary alicyclic amines) is 1. The number of piperidine rings is 2. The molecule has 31 heavy (non-hydrogen) atoms. The van der Waals surface area contributed by atoms with Crippen LogP contribution < -0.4 is 16.0 Å². The van der Waals surface area contributed by atoms with Gasteiger partial charge in [-0.25, -0.2) is 4.39 Å². The number of fused-ring (bicyclic) bond motifs is 1. The highest BCUT2D eigenvalue weighted by molar-refractivity contribution is 5.82. The van der Waals surface area contributed by atoms with Crippen molar-refractivity contribution < 1.29 is 18.7 Å². The van der Waals surface area contributed by atoms with Crippen LogP contribution in [0.15, 0.2) is 0 Å². The quantitative estimate of drug-likeness (QED) is 0.523. The van der Waals surface area contributed by atoms with Gasteiger partial charge < -0.3 is 25.6 Å². The highest BCUT2D eigenvalue weighted by Crippen LogP contribution is 2.29. The molecule has 0 aromatic carbocycles. The average Bonchev–Trinajstić information content (AvgIpc) is 3.23. The Morgan fingerprint density at radius 1 is 1.10 bits per heavy atom. The maximum atomic E-state index is 14.1. The lowest BCUT2D eigenvalue weighted by atomic mass is 9.86. The molecule has 5 atom stereocenters. The van der Waals surface area contributed by atoms with Crippen molar-refractivity contribution in [1.82, 2.24) is 20.9 Å². The molecule has 1 aliphatic carbocycles. The van der Waals surface area contributed by atoms with Crippen LogP contribution in [0.1, 0.15) is 57.8 Å². The molecule has 3 heterocycles. The first-order chi connectivity index (χ1) is 15.1. The summed E-state index contributed by atoms with van der Waals surface area (Å²) in [5, 5.41) is 9.94. The fourth-order valence-corrected chi connectivity index (χ4v) is 5.70. The molecule has 3 N–H and O–H groups in total. The van der Waals surface area contributed by atoms with Crippen molar-refractivity contribution in [2.75, 3.05) is 39.3 Å². The minimum absolute atomic E-state index is 0.00417. The van der Waals surface area contributed by atoms with Crippen LogP contribution in [-0.4, -0.2) is 80.4 Å². The van der Waals surface area contributed by atoms with Crippen LogP contribution in [0.4, 0.5) is 4.39 Å². The topological polar surface area (TPSA) is 82.7 Å². The van der Waals surface area contributed by atoms with E-state index in [2.05, 4.69) is 16.0 Å². The fourth-order valence-electron chi connectivity index (χ4n) is 5.70. The Morgan fingerprint density at radius 2 is 1.90 bits per heavy atom. The highest BCUT2D eigenvalue weighted by Gasteiger charge is 2.38. The van der Waals surface area contributed by atoms with Crippen molar-refractivity contribution >= 4 is 11.8 Å². The molecule has 8 heteroatoms. The van der Waals surface area contributed by atoms with E-state index < -0.39 is 12.1 Å². The lowest BCUT2D eigenvalue weighted by Crippen LogP contribution is -2.46. The summed E-state index contributed by atoms with van der Waals surface area (Å²) in [4.78, 5) is 26.9. The van der Waals surface area contributed by atoms with Crippen LogP contribution in [0.25, 0.3) is 0 Å². The normalized spacial score (nSPS) is 34.4. The zero-order valence-electron chi connectivity index (χ0n) is 18.6. The summed E-state index contributed by atoms with van der Waals surface area (Å²) in [7, 11) is 0. The van der Waals surface area contributed by atoms with E-state index in [0.29, 0.717) is 51.0 Å². The van der Waals surface area contributed by atoms with Gasteiger partial charge in [-0.05, 0) is 64.0 Å². The number of ether oxygens (including phenoxy) is 1. The van der Waals surface area contributed by atoms with Gasteiger partial charge in [0, 0.05) is 32.3 Å². The van der Waals surface area contributed by atoms with Gasteiger partial charge in [-0.1, -0.05) is 12.8 Å². The van der Waals surface area contributed by atoms with Gasteiger partial charge in [0.1, 0.15) is 6.17 Å². The molecule has 3 aliphatic heterocycles. The first-order valence-electron chi connectivity index (χ1n) is 12.4. The molecular formula is C23H39FN4O3. The van der Waals surface area contributed by atoms with E-state index in [0.717, 1.165) is 58.0 Å². The number of carbonyl (C=O) groups excluding carboxylic acids is 2. The molecule has 3 saturated heterocycles. The summed E-state index contributed by atoms with van der Waals surface area (Å²) in [5.74, 6) is 0.253. The number of alkyl halides is 1. The van der Waals surface area contributed by atoms with E-state index in [1.165, 1.54) is 0 Å². The number of halogens is 1. The molecule has 0 aromatic rings. The third kappa shape index (κ3) is 5.96. The molecule has 4 fully saturated rings. The van der Waals surface area contributed by atoms with E-state index in [1.54, 1.807) is 0 Å². The van der Waals surface area contributed by atoms with Gasteiger partial charge in [0.2, 0.25) is 11.8 Å². The Kier molecular flexibility index (Phi) is 8.18. The van der Waals surface area contributed by atoms with Gasteiger partial charge in [-0.2, -0.15) is 0 Å². The van der Waals surface area contributed by atoms with E-state index >= 15 is 0 Å². The fraction of sp³-hybridized carbons (Fsp3) is 0.913. The van der Waals surface area contributed by atoms with Crippen LogP contribution in [-0.2, 0) is 14.3 Å². The molecule has 4 aliphatic rings. The summed E-state index contributed by atoms with van der Waals surface area (Å²) < 4.78 is 20.1. The Bertz CT molecular complexity index is 600. The summed E-state index contributed by atoms with van der Waals surface area (Å²) in [5.41, 5.74) is 0. The molecule has 2 amide bonds. The van der Waals surface area contributed by atoms with Gasteiger partial charge in [-0.3, -0.25) is 9.59 Å². The van der Waals surface area contributed by atoms with Gasteiger partial charge in [0.25, 0.3) is 0 Å². The van der Waals surface area contributed by atoms with Crippen LogP contribution in [0, 0.1) is 11.8 Å². The average molecular weight is 439 g/mol. The number of hydrogen-bond donors (Lipinski definition) is 3. The van der Waals surface area contributed by atoms with Crippen molar-refractivity contribution in [1.29, 1.82) is 0 Å². The van der Waals surface area contributed by atoms with E-state index in [-0.39, 0.29) is 24.0 Å². The summed E-state index contributed by atoms with van der Waals surface area (Å²) >= 11 is 0. The maximum absolute atomic E-state index is 14.1. The molecule has 5 unspecified atom stereocenters. The smallest absolute Gasteiger partial charge is 0.237 e. The number of nitrogens with zero attached hydrogens (tertiary/aromatic N) is 1. The standard InChI is InChI=1S/C23H39FN4O3/c24-19-5-2-1-4-18(19)23(30)28-11-7-17(8-12-28)31-13-3-9-26-22(29)21-14-16-15-25-10-6-20(16)27-21/h16-21,25,27H,1-15H2,(H,26,29). The van der Waals surface area contributed by atoms with Crippen LogP contribution >= 0.6 is 0 Å². The molecule has 176 valence electrons. The molecule has 0 spiro atoms. The van der Waals surface area contributed by atoms with Crippen molar-refractivity contribution in [3.8, 4) is 0 Å². The van der Waals surface area contributed by atoms with Crippen LogP contribution in [0.2, 0.25) is 0 Å². The minimum atomic E-state index is -0.967. The molecule has 0 radical (unpaired) electrons. The SMILES string of the molecule is O=C(NCCCOC1CCN(C(=O)C2CCCCC2F)CC1)C1CC2CNCCC2N1. The predicted molar refractivity (Wildman–Crippen MR) is 116 cm³/mol. The molecule has 7 nitrogen and oxygen atoms in total. The van der Waals surface area contributed by atoms with Crippen molar-refractivity contribution in [2.45, 2.75) is 82.1 Å². The molecule has 0 bridgehead atoms. The highest BCUT2D eigenvalue weighted by atomic mass is 19.1. The second-order valence-electron chi connectivity index (χ2n) is 9.76. The number of nitrogens with one attached hydrogen (secondary N) is 3. The number of hydrogen-bond acceptors (Lipinski definition) is 5. The summed E-state index contributed by atoms with van der Waals surface area (Å²) in [6.45, 7) is 4.60. The first-order valence-corrected chi connectivity index (χ1v) is 12.4. The summed E-state index contributed by atoms with van der Waals surface area (Å²) in [6.07, 6.45) is 6.69. The van der Waals surface area contributed by atoms with Gasteiger partial charge in [-0.15, -0.1) is 0 Å². The van der Waals surface area contributed by atoms with E-state index in [9.17, 15) is 14.0 Å². The van der Waals surface area contributed by atoms with Crippen molar-refractivity contribution in [3.05, 3.63) is 0 Å². The zero-order chi connectivity index (χ0) is 21.6. The Morgan fingerprint density at radius 3 is 2.68 bits per heavy atom. The van der Waals surface area contributed by atoms with Crippen LogP contribution in [0.5, 0.6) is 0 Å². The second kappa shape index (κ2) is 11.1. The zero-order valence-corrected chi connectivity index (χ0v) is 18.6. The third-order valence-corrected chi connectivity index (χ3v) is 7.60. The van der Waals surface area contributed by atoms with Gasteiger partial charge in [0.15, 0.2) is 0 Å². The number of carbonyl (C=O) groups is 2. The summed E-state index contributed by atoms with van der Waals surface area (Å²) in [6, 6.07) is 0.415. The van der Waals surface area contributed by atoms with Crippen molar-refractivity contribution in [3.63, 3.8) is 0 Å². The van der Waals surface area contributed by atoms with Gasteiger partial charge >= 0.3 is 0 Å². The monoisotopic (exact) mass is 438 g/mol. The van der Waals surface area contributed by atoms with E-state index in [1.807, 2.05) is 4.90 Å². The Balaban J connectivity index is 1.06. The lowest BCUT2D eigenvalue weighted by Gasteiger charge is -2.36. The largest absolute Gasteiger partial charge is 0.378 e. The number of amides is 2. The Labute approximate surface area is 185 Å². The maximum Gasteiger partial charge on any atom is 0.237 e. The minimum Gasteiger partial charge on any atom is -0.378 e. The van der Waals surface area contributed by atoms with Crippen molar-refractivity contribution in [2.24, 2.45) is 11.8 Å². The molecule has 1 saturated carbocycles.